The highest BCUT2D eigenvalue weighted by molar-refractivity contribution is 5.94. The van der Waals surface area contributed by atoms with E-state index in [1.165, 1.54) is 18.5 Å². The van der Waals surface area contributed by atoms with Crippen molar-refractivity contribution >= 4 is 28.4 Å². The molecule has 0 aliphatic heterocycles. The zero-order chi connectivity index (χ0) is 16.4. The second-order valence-corrected chi connectivity index (χ2v) is 4.72. The molecule has 0 unspecified atom stereocenters. The van der Waals surface area contributed by atoms with Crippen molar-refractivity contribution in [2.24, 2.45) is 5.73 Å². The van der Waals surface area contributed by atoms with E-state index < -0.39 is 16.9 Å². The molecule has 0 radical (unpaired) electrons. The van der Waals surface area contributed by atoms with E-state index >= 15 is 0 Å². The molecule has 0 spiro atoms. The van der Waals surface area contributed by atoms with E-state index in [4.69, 9.17) is 10.3 Å². The predicted octanol–water partition coefficient (Wildman–Crippen LogP) is 0.363. The number of rotatable bonds is 6. The van der Waals surface area contributed by atoms with Crippen LogP contribution in [0.5, 0.6) is 0 Å². The molecule has 11 nitrogen and oxygen atoms in total. The molecule has 0 bridgehead atoms. The molecule has 1 aromatic carbocycles. The number of carbonyl (C=O) groups excluding carboxylic acids is 1. The van der Waals surface area contributed by atoms with Crippen molar-refractivity contribution in [3.8, 4) is 0 Å². The number of amides is 1. The Balaban J connectivity index is 1.93. The lowest BCUT2D eigenvalue weighted by Crippen LogP contribution is -2.37. The van der Waals surface area contributed by atoms with E-state index in [1.54, 1.807) is 6.20 Å². The zero-order valence-electron chi connectivity index (χ0n) is 11.6. The summed E-state index contributed by atoms with van der Waals surface area (Å²) in [4.78, 5) is 28.7. The van der Waals surface area contributed by atoms with Crippen LogP contribution in [-0.4, -0.2) is 37.2 Å². The summed E-state index contributed by atoms with van der Waals surface area (Å²) in [5.41, 5.74) is 6.26. The number of nitrogens with one attached hydrogen (secondary N) is 2. The first-order valence-corrected chi connectivity index (χ1v) is 6.49. The van der Waals surface area contributed by atoms with Crippen LogP contribution >= 0.6 is 0 Å². The van der Waals surface area contributed by atoms with Crippen molar-refractivity contribution in [3.63, 3.8) is 0 Å². The lowest BCUT2D eigenvalue weighted by Gasteiger charge is -2.15. The van der Waals surface area contributed by atoms with Crippen LogP contribution in [-0.2, 0) is 11.2 Å². The number of benzene rings is 1. The number of hydrogen-bond donors (Lipinski definition) is 3. The number of hydrogen-bond acceptors (Lipinski definition) is 8. The molecule has 1 amide bonds. The highest BCUT2D eigenvalue weighted by atomic mass is 16.6. The molecule has 23 heavy (non-hydrogen) atoms. The minimum atomic E-state index is -0.767. The summed E-state index contributed by atoms with van der Waals surface area (Å²) in [6.07, 6.45) is 3.32. The van der Waals surface area contributed by atoms with Crippen LogP contribution in [0.3, 0.4) is 0 Å². The molecule has 11 heteroatoms. The molecule has 2 heterocycles. The molecule has 0 saturated heterocycles. The summed E-state index contributed by atoms with van der Waals surface area (Å²) in [6.45, 7) is 0. The van der Waals surface area contributed by atoms with Gasteiger partial charge in [-0.25, -0.2) is 4.98 Å². The second kappa shape index (κ2) is 5.71. The number of primary amides is 1. The van der Waals surface area contributed by atoms with Crippen molar-refractivity contribution in [1.29, 1.82) is 0 Å². The molecule has 118 valence electrons. The summed E-state index contributed by atoms with van der Waals surface area (Å²) in [6, 6.07) is 1.90. The molecule has 4 N–H and O–H groups in total. The number of carbonyl (C=O) groups is 1. The van der Waals surface area contributed by atoms with Gasteiger partial charge in [0.1, 0.15) is 6.04 Å². The van der Waals surface area contributed by atoms with Crippen LogP contribution < -0.4 is 11.1 Å². The van der Waals surface area contributed by atoms with Crippen molar-refractivity contribution in [3.05, 3.63) is 40.5 Å². The van der Waals surface area contributed by atoms with Gasteiger partial charge in [0.15, 0.2) is 5.52 Å². The van der Waals surface area contributed by atoms with E-state index in [1.807, 2.05) is 0 Å². The summed E-state index contributed by atoms with van der Waals surface area (Å²) < 4.78 is 4.82. The maximum Gasteiger partial charge on any atom is 0.316 e. The monoisotopic (exact) mass is 317 g/mol. The van der Waals surface area contributed by atoms with Gasteiger partial charge >= 0.3 is 5.69 Å². The summed E-state index contributed by atoms with van der Waals surface area (Å²) in [5.74, 6) is -0.595. The molecule has 0 fully saturated rings. The second-order valence-electron chi connectivity index (χ2n) is 4.72. The van der Waals surface area contributed by atoms with E-state index in [2.05, 4.69) is 25.7 Å². The number of H-pyrrole nitrogens is 1. The Morgan fingerprint density at radius 2 is 2.35 bits per heavy atom. The van der Waals surface area contributed by atoms with Crippen molar-refractivity contribution in [2.75, 3.05) is 5.32 Å². The fraction of sp³-hybridized carbons (Fsp3) is 0.167. The molecule has 2 aromatic heterocycles. The maximum absolute atomic E-state index is 11.6. The van der Waals surface area contributed by atoms with Gasteiger partial charge in [0.2, 0.25) is 5.91 Å². The van der Waals surface area contributed by atoms with Gasteiger partial charge in [-0.05, 0) is 6.07 Å². The number of aromatic amines is 1. The highest BCUT2D eigenvalue weighted by Gasteiger charge is 2.23. The number of nitro benzene ring substituents is 1. The van der Waals surface area contributed by atoms with Crippen LogP contribution in [0.25, 0.3) is 11.1 Å². The Morgan fingerprint density at radius 1 is 1.52 bits per heavy atom. The average Bonchev–Trinajstić information content (AvgIpc) is 3.17. The van der Waals surface area contributed by atoms with Crippen LogP contribution in [0.4, 0.5) is 11.4 Å². The van der Waals surface area contributed by atoms with Crippen molar-refractivity contribution in [2.45, 2.75) is 12.5 Å². The fourth-order valence-electron chi connectivity index (χ4n) is 2.14. The van der Waals surface area contributed by atoms with Gasteiger partial charge in [0, 0.05) is 29.6 Å². The van der Waals surface area contributed by atoms with Gasteiger partial charge in [0.25, 0.3) is 5.58 Å². The van der Waals surface area contributed by atoms with Gasteiger partial charge in [-0.1, -0.05) is 0 Å². The molecule has 0 aliphatic carbocycles. The SMILES string of the molecule is NC(=O)[C@H](Cc1cnc[nH]1)Nc1ccc([N+](=O)[O-])c2onnc12. The highest BCUT2D eigenvalue weighted by Crippen LogP contribution is 2.30. The number of nitrogens with zero attached hydrogens (tertiary/aromatic N) is 4. The number of aromatic nitrogens is 4. The fourth-order valence-corrected chi connectivity index (χ4v) is 2.14. The van der Waals surface area contributed by atoms with Crippen LogP contribution in [0.2, 0.25) is 0 Å². The van der Waals surface area contributed by atoms with Crippen molar-refractivity contribution in [1.82, 2.24) is 20.3 Å². The summed E-state index contributed by atoms with van der Waals surface area (Å²) >= 11 is 0. The van der Waals surface area contributed by atoms with Gasteiger partial charge in [-0.15, -0.1) is 5.10 Å². The lowest BCUT2D eigenvalue weighted by molar-refractivity contribution is -0.383. The molecule has 0 aliphatic rings. The summed E-state index contributed by atoms with van der Waals surface area (Å²) in [5, 5.41) is 20.9. The van der Waals surface area contributed by atoms with Gasteiger partial charge in [-0.3, -0.25) is 14.9 Å². The lowest BCUT2D eigenvalue weighted by atomic mass is 10.1. The number of anilines is 1. The third kappa shape index (κ3) is 2.79. The van der Waals surface area contributed by atoms with Gasteiger partial charge < -0.3 is 20.6 Å². The molecule has 3 aromatic rings. The maximum atomic E-state index is 11.6. The minimum absolute atomic E-state index is 0.0789. The predicted molar refractivity (Wildman–Crippen MR) is 77.4 cm³/mol. The number of imidazole rings is 1. The standard InChI is InChI=1S/C12H11N7O4/c13-12(20)8(3-6-4-14-5-15-6)16-7-1-2-9(19(21)22)11-10(7)17-18-23-11/h1-2,4-5,8,16H,3H2,(H2,13,20)(H,14,15)/t8-/m0/s1. The van der Waals surface area contributed by atoms with Crippen LogP contribution in [0, 0.1) is 10.1 Å². The molecular weight excluding hydrogens is 306 g/mol. The molecule has 1 atom stereocenters. The number of fused-ring (bicyclic) bond motifs is 1. The molecular formula is C12H11N7O4. The first kappa shape index (κ1) is 14.4. The average molecular weight is 317 g/mol. The zero-order valence-corrected chi connectivity index (χ0v) is 11.6. The molecule has 3 rings (SSSR count). The van der Waals surface area contributed by atoms with Crippen molar-refractivity contribution < 1.29 is 14.2 Å². The Morgan fingerprint density at radius 3 is 3.00 bits per heavy atom. The number of nitrogens with two attached hydrogens (primary N) is 1. The Kier molecular flexibility index (Phi) is 3.58. The Bertz CT molecular complexity index is 858. The summed E-state index contributed by atoms with van der Waals surface area (Å²) in [7, 11) is 0. The first-order valence-electron chi connectivity index (χ1n) is 6.49. The van der Waals surface area contributed by atoms with Gasteiger partial charge in [-0.2, -0.15) is 0 Å². The normalized spacial score (nSPS) is 12.2. The topological polar surface area (TPSA) is 166 Å². The smallest absolute Gasteiger partial charge is 0.316 e. The minimum Gasteiger partial charge on any atom is -0.371 e. The third-order valence-corrected chi connectivity index (χ3v) is 3.23. The van der Waals surface area contributed by atoms with E-state index in [9.17, 15) is 14.9 Å². The first-order chi connectivity index (χ1) is 11.1. The third-order valence-electron chi connectivity index (χ3n) is 3.23. The Hall–Kier alpha value is -3.50. The van der Waals surface area contributed by atoms with E-state index in [0.29, 0.717) is 11.4 Å². The largest absolute Gasteiger partial charge is 0.371 e. The number of nitro groups is 1. The van der Waals surface area contributed by atoms with E-state index in [-0.39, 0.29) is 23.2 Å². The van der Waals surface area contributed by atoms with Crippen LogP contribution in [0.15, 0.2) is 29.2 Å². The Labute approximate surface area is 128 Å². The van der Waals surface area contributed by atoms with E-state index in [0.717, 1.165) is 0 Å². The van der Waals surface area contributed by atoms with Gasteiger partial charge in [0.05, 0.1) is 16.9 Å². The van der Waals surface area contributed by atoms with Crippen LogP contribution in [0.1, 0.15) is 5.69 Å². The quantitative estimate of drug-likeness (QED) is 0.433. The number of non-ortho nitro benzene ring substituents is 1. The molecule has 0 saturated carbocycles.